The summed E-state index contributed by atoms with van der Waals surface area (Å²) >= 11 is 0. The van der Waals surface area contributed by atoms with E-state index < -0.39 is 124 Å². The number of hydrogen-bond acceptors (Lipinski definition) is 18. The minimum Gasteiger partial charge on any atom is -0.394 e. The van der Waals surface area contributed by atoms with Gasteiger partial charge in [0.05, 0.1) is 38.6 Å². The monoisotopic (exact) mass is 1520 g/mol. The maximum atomic E-state index is 13.5. The fraction of sp³-hybridized carbons (Fsp3) is 0.852. The number of rotatable bonds is 70. The largest absolute Gasteiger partial charge is 0.394 e. The molecule has 0 spiro atoms. The van der Waals surface area contributed by atoms with E-state index in [9.17, 15) is 61.0 Å². The Hall–Kier alpha value is -2.77. The number of aliphatic hydroxyl groups is 11. The van der Waals surface area contributed by atoms with Crippen LogP contribution in [0, 0.1) is 0 Å². The Kier molecular flexibility index (Phi) is 62.3. The first kappa shape index (κ1) is 98.4. The van der Waals surface area contributed by atoms with Crippen LogP contribution in [0.4, 0.5) is 0 Å². The number of aliphatic hydroxyl groups excluding tert-OH is 11. The standard InChI is InChI=1S/C88H159NO18/c1-3-5-7-9-11-13-15-17-19-21-23-25-27-29-31-33-34-35-36-38-39-41-43-45-47-49-51-53-55-57-59-61-63-65-72(93)71(89-76(94)66-64-62-60-58-56-54-52-50-48-46-44-42-40-37-32-30-28-26-24-22-20-18-16-14-12-10-8-6-4-2)70-102-86-82(100)79(97)84(74(68-91)104-86)107-88-83(101)80(98)85(75(69-92)105-88)106-87-81(99)78(96)77(95)73(67-90)103-87/h16,18,22,24,28,30,47,49,55,57,63,65,71-75,77-88,90-93,95-101H,3-15,17,19-21,23,25-27,29,31-46,48,50-54,56,58-62,64,66-70H2,1-2H3,(H,89,94)/b18-16-,24-22-,30-28-,49-47+,57-55+,65-63+. The minimum atomic E-state index is -1.99. The molecule has 12 N–H and O–H groups in total. The van der Waals surface area contributed by atoms with Crippen LogP contribution in [-0.4, -0.2) is 193 Å². The van der Waals surface area contributed by atoms with Crippen molar-refractivity contribution in [3.63, 3.8) is 0 Å². The Morgan fingerprint density at radius 1 is 0.336 bits per heavy atom. The zero-order valence-electron chi connectivity index (χ0n) is 67.1. The molecule has 3 aliphatic rings. The third-order valence-electron chi connectivity index (χ3n) is 21.5. The summed E-state index contributed by atoms with van der Waals surface area (Å²) in [4.78, 5) is 13.5. The molecule has 3 heterocycles. The molecule has 0 saturated carbocycles. The predicted octanol–water partition coefficient (Wildman–Crippen LogP) is 16.0. The molecule has 1 amide bonds. The van der Waals surface area contributed by atoms with Gasteiger partial charge in [0.1, 0.15) is 73.2 Å². The molecule has 0 aromatic heterocycles. The zero-order valence-corrected chi connectivity index (χ0v) is 67.1. The van der Waals surface area contributed by atoms with E-state index in [2.05, 4.69) is 79.9 Å². The maximum Gasteiger partial charge on any atom is 0.220 e. The van der Waals surface area contributed by atoms with E-state index in [4.69, 9.17) is 28.4 Å². The van der Waals surface area contributed by atoms with Crippen LogP contribution in [0.3, 0.4) is 0 Å². The van der Waals surface area contributed by atoms with E-state index in [1.165, 1.54) is 257 Å². The molecule has 3 rings (SSSR count). The van der Waals surface area contributed by atoms with E-state index in [1.54, 1.807) is 6.08 Å². The smallest absolute Gasteiger partial charge is 0.220 e. The number of unbranched alkanes of at least 4 members (excludes halogenated alkanes) is 44. The van der Waals surface area contributed by atoms with Crippen molar-refractivity contribution in [1.29, 1.82) is 0 Å². The molecule has 0 aromatic rings. The van der Waals surface area contributed by atoms with Crippen LogP contribution in [0.1, 0.15) is 348 Å². The molecule has 3 fully saturated rings. The summed E-state index contributed by atoms with van der Waals surface area (Å²) < 4.78 is 34.5. The summed E-state index contributed by atoms with van der Waals surface area (Å²) in [6.07, 6.45) is 63.4. The number of carbonyl (C=O) groups excluding carboxylic acids is 1. The van der Waals surface area contributed by atoms with Gasteiger partial charge in [0.2, 0.25) is 5.91 Å². The molecule has 3 aliphatic heterocycles. The van der Waals surface area contributed by atoms with Crippen molar-refractivity contribution in [2.24, 2.45) is 0 Å². The van der Waals surface area contributed by atoms with Gasteiger partial charge in [-0.25, -0.2) is 0 Å². The molecule has 624 valence electrons. The van der Waals surface area contributed by atoms with Crippen LogP contribution in [0.5, 0.6) is 0 Å². The molecule has 0 aliphatic carbocycles. The molecule has 0 bridgehead atoms. The first-order valence-corrected chi connectivity index (χ1v) is 43.7. The summed E-state index contributed by atoms with van der Waals surface area (Å²) in [7, 11) is 0. The lowest BCUT2D eigenvalue weighted by Crippen LogP contribution is -2.66. The zero-order chi connectivity index (χ0) is 77.4. The van der Waals surface area contributed by atoms with Gasteiger partial charge >= 0.3 is 0 Å². The molecule has 17 unspecified atom stereocenters. The Morgan fingerprint density at radius 2 is 0.626 bits per heavy atom. The molecule has 17 atom stereocenters. The van der Waals surface area contributed by atoms with Crippen molar-refractivity contribution in [2.75, 3.05) is 26.4 Å². The van der Waals surface area contributed by atoms with E-state index in [-0.39, 0.29) is 18.9 Å². The minimum absolute atomic E-state index is 0.229. The first-order chi connectivity index (χ1) is 52.3. The maximum absolute atomic E-state index is 13.5. The molecule has 3 saturated heterocycles. The van der Waals surface area contributed by atoms with Crippen molar-refractivity contribution in [2.45, 2.75) is 452 Å². The van der Waals surface area contributed by atoms with Gasteiger partial charge in [-0.1, -0.05) is 331 Å². The Morgan fingerprint density at radius 3 is 1.00 bits per heavy atom. The van der Waals surface area contributed by atoms with Crippen molar-refractivity contribution < 1.29 is 89.4 Å². The average Bonchev–Trinajstić information content (AvgIpc) is 0.781. The van der Waals surface area contributed by atoms with E-state index >= 15 is 0 Å². The van der Waals surface area contributed by atoms with Crippen LogP contribution < -0.4 is 5.32 Å². The second kappa shape index (κ2) is 67.7. The molecular weight excluding hydrogens is 1360 g/mol. The molecule has 0 radical (unpaired) electrons. The Bertz CT molecular complexity index is 2210. The number of ether oxygens (including phenoxy) is 6. The normalized spacial score (nSPS) is 25.9. The van der Waals surface area contributed by atoms with Crippen molar-refractivity contribution in [1.82, 2.24) is 5.32 Å². The van der Waals surface area contributed by atoms with Gasteiger partial charge in [-0.3, -0.25) is 4.79 Å². The highest BCUT2D eigenvalue weighted by Crippen LogP contribution is 2.33. The molecular formula is C88H159NO18. The summed E-state index contributed by atoms with van der Waals surface area (Å²) in [5, 5.41) is 121. The van der Waals surface area contributed by atoms with Gasteiger partial charge < -0.3 is 89.9 Å². The number of nitrogens with one attached hydrogen (secondary N) is 1. The summed E-state index contributed by atoms with van der Waals surface area (Å²) in [6.45, 7) is 1.74. The summed E-state index contributed by atoms with van der Waals surface area (Å²) in [5.74, 6) is -0.288. The molecule has 19 heteroatoms. The van der Waals surface area contributed by atoms with Crippen LogP contribution in [-0.2, 0) is 33.2 Å². The summed E-state index contributed by atoms with van der Waals surface area (Å²) in [5.41, 5.74) is 0. The number of amides is 1. The van der Waals surface area contributed by atoms with Crippen LogP contribution in [0.2, 0.25) is 0 Å². The van der Waals surface area contributed by atoms with E-state index in [1.807, 2.05) is 6.08 Å². The highest BCUT2D eigenvalue weighted by Gasteiger charge is 2.54. The lowest BCUT2D eigenvalue weighted by molar-refractivity contribution is -0.379. The SMILES string of the molecule is CCCCCCC/C=C\C/C=C\C/C=C\CCCCCCCCCCCCCCCCC(=O)NC(COC1OC(CO)C(OC2OC(CO)C(OC3OC(CO)C(O)C(O)C3O)C(O)C2O)C(O)C1O)C(O)/C=C/CC/C=C/CC/C=C/CCCCCCCCCCCCCCCCCCCCCCCCC. The van der Waals surface area contributed by atoms with Gasteiger partial charge in [-0.2, -0.15) is 0 Å². The topological polar surface area (TPSA) is 307 Å². The second-order valence-electron chi connectivity index (χ2n) is 31.0. The lowest BCUT2D eigenvalue weighted by atomic mass is 9.96. The molecule has 107 heavy (non-hydrogen) atoms. The van der Waals surface area contributed by atoms with Crippen LogP contribution in [0.15, 0.2) is 72.9 Å². The predicted molar refractivity (Wildman–Crippen MR) is 429 cm³/mol. The third-order valence-corrected chi connectivity index (χ3v) is 21.5. The van der Waals surface area contributed by atoms with E-state index in [0.29, 0.717) is 12.8 Å². The van der Waals surface area contributed by atoms with Gasteiger partial charge in [0, 0.05) is 6.42 Å². The van der Waals surface area contributed by atoms with E-state index in [0.717, 1.165) is 57.8 Å². The highest BCUT2D eigenvalue weighted by atomic mass is 16.8. The van der Waals surface area contributed by atoms with Gasteiger partial charge in [-0.05, 0) is 83.5 Å². The fourth-order valence-corrected chi connectivity index (χ4v) is 14.5. The highest BCUT2D eigenvalue weighted by molar-refractivity contribution is 5.76. The Labute approximate surface area is 648 Å². The van der Waals surface area contributed by atoms with Crippen LogP contribution in [0.25, 0.3) is 0 Å². The molecule has 19 nitrogen and oxygen atoms in total. The van der Waals surface area contributed by atoms with Crippen molar-refractivity contribution in [3.05, 3.63) is 72.9 Å². The molecule has 0 aromatic carbocycles. The van der Waals surface area contributed by atoms with Crippen molar-refractivity contribution >= 4 is 5.91 Å². The first-order valence-electron chi connectivity index (χ1n) is 43.7. The number of carbonyl (C=O) groups is 1. The third kappa shape index (κ3) is 46.9. The summed E-state index contributed by atoms with van der Waals surface area (Å²) in [6, 6.07) is -1.00. The van der Waals surface area contributed by atoms with Crippen molar-refractivity contribution in [3.8, 4) is 0 Å². The number of allylic oxidation sites excluding steroid dienone is 11. The van der Waals surface area contributed by atoms with Crippen LogP contribution >= 0.6 is 0 Å². The lowest BCUT2D eigenvalue weighted by Gasteiger charge is -2.48. The fourth-order valence-electron chi connectivity index (χ4n) is 14.5. The van der Waals surface area contributed by atoms with Gasteiger partial charge in [-0.15, -0.1) is 0 Å². The second-order valence-corrected chi connectivity index (χ2v) is 31.0. The van der Waals surface area contributed by atoms with Gasteiger partial charge in [0.25, 0.3) is 0 Å². The Balaban J connectivity index is 1.36. The quantitative estimate of drug-likeness (QED) is 0.0199. The van der Waals surface area contributed by atoms with Gasteiger partial charge in [0.15, 0.2) is 18.9 Å². The number of hydrogen-bond donors (Lipinski definition) is 12. The average molecular weight is 1520 g/mol.